The molecule has 0 aliphatic heterocycles. The van der Waals surface area contributed by atoms with Crippen LogP contribution < -0.4 is 0 Å². The summed E-state index contributed by atoms with van der Waals surface area (Å²) >= 11 is 0. The second-order valence-electron chi connectivity index (χ2n) is 25.6. The monoisotopic (exact) mass is 1310 g/mol. The molecule has 0 radical (unpaired) electrons. The highest BCUT2D eigenvalue weighted by atomic mass is 19.4. The van der Waals surface area contributed by atoms with Crippen LogP contribution >= 0.6 is 0 Å². The van der Waals surface area contributed by atoms with E-state index in [1.54, 1.807) is 27.3 Å². The second-order valence-corrected chi connectivity index (χ2v) is 25.6. The molecule has 0 atom stereocenters. The standard InChI is InChI=1S/C42H30F6N2.C42H30F3N3/c1-23-11-7-16-28-29-17-8-12-24(2)38(29)49(37(23)28)35-22-34(42(46,47)48)36(21-32(35)27-15-5-6-20-33(27)41(43,44)45)50-39-25(3)13-9-18-30(39)31-19-10-14-26(4)40(31)50;1-24-11-7-16-30-31-17-8-12-25(2)39(31)47(38(24)30)36-22-34(29-15-5-6-20-35(29)42(43,44)45)37(21-28(36)23-46)48-40-26(3)13-9-18-32(40)33-19-10-14-27(4)41(33)48/h5-22H,1-4H3;5-22H,1-4H3. The number of hydrogen-bond donors (Lipinski definition) is 0. The third kappa shape index (κ3) is 9.75. The Labute approximate surface area is 557 Å². The van der Waals surface area contributed by atoms with Crippen LogP contribution in [-0.2, 0) is 18.5 Å². The van der Waals surface area contributed by atoms with E-state index in [2.05, 4.69) is 27.3 Å². The van der Waals surface area contributed by atoms with Gasteiger partial charge in [0.05, 0.1) is 89.1 Å². The number of nitriles is 1. The van der Waals surface area contributed by atoms with Gasteiger partial charge in [0, 0.05) is 54.2 Å². The van der Waals surface area contributed by atoms with Gasteiger partial charge in [0.15, 0.2) is 0 Å². The Balaban J connectivity index is 0.000000160. The molecule has 4 aromatic heterocycles. The molecule has 0 saturated heterocycles. The van der Waals surface area contributed by atoms with Gasteiger partial charge in [0.25, 0.3) is 0 Å². The van der Waals surface area contributed by atoms with Crippen LogP contribution in [0.5, 0.6) is 0 Å². The highest BCUT2D eigenvalue weighted by Gasteiger charge is 2.40. The molecule has 16 rings (SSSR count). The van der Waals surface area contributed by atoms with Crippen LogP contribution in [0.15, 0.2) is 218 Å². The highest BCUT2D eigenvalue weighted by molar-refractivity contribution is 6.15. The number of hydrogen-bond acceptors (Lipinski definition) is 1. The van der Waals surface area contributed by atoms with Crippen LogP contribution in [-0.4, -0.2) is 18.3 Å². The van der Waals surface area contributed by atoms with Gasteiger partial charge < -0.3 is 18.3 Å². The molecule has 98 heavy (non-hydrogen) atoms. The average molecular weight is 1310 g/mol. The summed E-state index contributed by atoms with van der Waals surface area (Å²) in [5.74, 6) is 0. The van der Waals surface area contributed by atoms with Crippen molar-refractivity contribution in [2.75, 3.05) is 0 Å². The lowest BCUT2D eigenvalue weighted by Crippen LogP contribution is -2.15. The summed E-state index contributed by atoms with van der Waals surface area (Å²) in [6.45, 7) is 15.5. The molecule has 0 N–H and O–H groups in total. The summed E-state index contributed by atoms with van der Waals surface area (Å²) in [7, 11) is 0. The Morgan fingerprint density at radius 3 is 0.745 bits per heavy atom. The minimum atomic E-state index is -4.87. The Hall–Kier alpha value is -11.3. The molecule has 4 heterocycles. The molecular formula is C84H60F9N5. The average Bonchev–Trinajstić information content (AvgIpc) is 1.49. The lowest BCUT2D eigenvalue weighted by molar-refractivity contribution is -0.138. The van der Waals surface area contributed by atoms with Crippen molar-refractivity contribution < 1.29 is 39.5 Å². The van der Waals surface area contributed by atoms with Gasteiger partial charge in [0.1, 0.15) is 6.07 Å². The quantitative estimate of drug-likeness (QED) is 0.153. The van der Waals surface area contributed by atoms with E-state index in [9.17, 15) is 31.6 Å². The Morgan fingerprint density at radius 2 is 0.480 bits per heavy atom. The third-order valence-corrected chi connectivity index (χ3v) is 19.5. The Morgan fingerprint density at radius 1 is 0.245 bits per heavy atom. The SMILES string of the molecule is Cc1cccc2c3cccc(C)c3n(-c3cc(-c4ccccc4C(F)(F)F)c(-n4c5c(C)cccc5c5cccc(C)c54)cc3C#N)c12.Cc1cccc2c3cccc(C)c3n(-c3cc(C(F)(F)F)c(-n4c5c(C)cccc5c5cccc(C)c54)cc3-c3ccccc3C(F)(F)F)c12. The lowest BCUT2D eigenvalue weighted by Gasteiger charge is -2.24. The van der Waals surface area contributed by atoms with Gasteiger partial charge in [-0.1, -0.05) is 182 Å². The molecule has 5 nitrogen and oxygen atoms in total. The van der Waals surface area contributed by atoms with Gasteiger partial charge in [0.2, 0.25) is 0 Å². The Kier molecular flexibility index (Phi) is 14.7. The van der Waals surface area contributed by atoms with Crippen LogP contribution in [0, 0.1) is 66.7 Å². The zero-order chi connectivity index (χ0) is 68.8. The van der Waals surface area contributed by atoms with E-state index in [0.29, 0.717) is 44.6 Å². The van der Waals surface area contributed by atoms with Crippen LogP contribution in [0.4, 0.5) is 39.5 Å². The first kappa shape index (κ1) is 62.8. The molecule has 0 aliphatic carbocycles. The molecule has 0 unspecified atom stereocenters. The van der Waals surface area contributed by atoms with Gasteiger partial charge in [-0.2, -0.15) is 44.8 Å². The van der Waals surface area contributed by atoms with Crippen molar-refractivity contribution in [3.05, 3.63) is 285 Å². The van der Waals surface area contributed by atoms with E-state index in [1.165, 1.54) is 36.4 Å². The van der Waals surface area contributed by atoms with Crippen molar-refractivity contribution in [1.82, 2.24) is 18.3 Å². The minimum Gasteiger partial charge on any atom is -0.308 e. The van der Waals surface area contributed by atoms with Gasteiger partial charge in [-0.15, -0.1) is 0 Å². The van der Waals surface area contributed by atoms with Crippen molar-refractivity contribution in [2.24, 2.45) is 0 Å². The number of rotatable bonds is 6. The smallest absolute Gasteiger partial charge is 0.308 e. The van der Waals surface area contributed by atoms with Crippen molar-refractivity contribution in [2.45, 2.75) is 73.9 Å². The molecule has 0 bridgehead atoms. The highest BCUT2D eigenvalue weighted by Crippen LogP contribution is 2.50. The van der Waals surface area contributed by atoms with Gasteiger partial charge in [-0.05, 0) is 147 Å². The number of aromatic nitrogens is 4. The van der Waals surface area contributed by atoms with Crippen molar-refractivity contribution in [3.8, 4) is 51.1 Å². The van der Waals surface area contributed by atoms with Crippen LogP contribution in [0.25, 0.3) is 132 Å². The molecule has 0 spiro atoms. The number of benzene rings is 12. The maximum Gasteiger partial charge on any atom is 0.418 e. The van der Waals surface area contributed by atoms with E-state index in [0.717, 1.165) is 128 Å². The second kappa shape index (κ2) is 22.9. The number of aryl methyl sites for hydroxylation is 8. The molecule has 12 aromatic carbocycles. The van der Waals surface area contributed by atoms with E-state index in [1.807, 2.05) is 189 Å². The molecule has 14 heteroatoms. The first-order valence-corrected chi connectivity index (χ1v) is 32.0. The first-order valence-electron chi connectivity index (χ1n) is 32.0. The maximum absolute atomic E-state index is 15.6. The molecule has 484 valence electrons. The Bertz CT molecular complexity index is 5840. The molecule has 0 fully saturated rings. The van der Waals surface area contributed by atoms with Crippen LogP contribution in [0.2, 0.25) is 0 Å². The fraction of sp³-hybridized carbons (Fsp3) is 0.131. The van der Waals surface area contributed by atoms with Gasteiger partial charge in [-0.25, -0.2) is 0 Å². The normalized spacial score (nSPS) is 12.3. The summed E-state index contributed by atoms with van der Waals surface area (Å²) in [6, 6.07) is 65.9. The van der Waals surface area contributed by atoms with Gasteiger partial charge >= 0.3 is 18.5 Å². The van der Waals surface area contributed by atoms with Crippen LogP contribution in [0.1, 0.15) is 66.8 Å². The predicted molar refractivity (Wildman–Crippen MR) is 379 cm³/mol. The fourth-order valence-electron chi connectivity index (χ4n) is 15.4. The number of nitrogens with zero attached hydrogens (tertiary/aromatic N) is 5. The number of halogens is 9. The lowest BCUT2D eigenvalue weighted by atomic mass is 9.94. The zero-order valence-corrected chi connectivity index (χ0v) is 54.4. The predicted octanol–water partition coefficient (Wildman–Crippen LogP) is 24.5. The summed E-state index contributed by atoms with van der Waals surface area (Å²) in [5, 5.41) is 18.0. The number of para-hydroxylation sites is 8. The van der Waals surface area contributed by atoms with Crippen molar-refractivity contribution in [3.63, 3.8) is 0 Å². The molecule has 0 amide bonds. The maximum atomic E-state index is 15.6. The number of fused-ring (bicyclic) bond motifs is 12. The minimum absolute atomic E-state index is 0.00980. The van der Waals surface area contributed by atoms with Crippen molar-refractivity contribution in [1.29, 1.82) is 5.26 Å². The first-order chi connectivity index (χ1) is 46.9. The largest absolute Gasteiger partial charge is 0.418 e. The van der Waals surface area contributed by atoms with E-state index in [4.69, 9.17) is 0 Å². The van der Waals surface area contributed by atoms with Gasteiger partial charge in [-0.3, -0.25) is 0 Å². The van der Waals surface area contributed by atoms with E-state index in [-0.39, 0.29) is 28.1 Å². The fourth-order valence-corrected chi connectivity index (χ4v) is 15.4. The summed E-state index contributed by atoms with van der Waals surface area (Å²) in [6.07, 6.45) is -14.2. The summed E-state index contributed by atoms with van der Waals surface area (Å²) < 4.78 is 143. The summed E-state index contributed by atoms with van der Waals surface area (Å²) in [5.41, 5.74) is 11.8. The topological polar surface area (TPSA) is 43.5 Å². The zero-order valence-electron chi connectivity index (χ0n) is 54.4. The van der Waals surface area contributed by atoms with E-state index < -0.39 is 35.2 Å². The number of alkyl halides is 9. The van der Waals surface area contributed by atoms with Crippen LogP contribution in [0.3, 0.4) is 0 Å². The molecule has 0 aliphatic rings. The summed E-state index contributed by atoms with van der Waals surface area (Å²) in [4.78, 5) is 0. The van der Waals surface area contributed by atoms with Crippen molar-refractivity contribution >= 4 is 87.2 Å². The third-order valence-electron chi connectivity index (χ3n) is 19.5. The van der Waals surface area contributed by atoms with E-state index >= 15 is 13.2 Å². The molecular weight excluding hydrogens is 1250 g/mol. The molecule has 16 aromatic rings. The molecule has 0 saturated carbocycles.